The lowest BCUT2D eigenvalue weighted by molar-refractivity contribution is 0.591. The van der Waals surface area contributed by atoms with Crippen LogP contribution in [0.25, 0.3) is 20.3 Å². The number of nitrogens with zero attached hydrogens (tertiary/aromatic N) is 2. The molecule has 0 fully saturated rings. The molecule has 0 N–H and O–H groups in total. The second kappa shape index (κ2) is 5.41. The van der Waals surface area contributed by atoms with E-state index in [-0.39, 0.29) is 16.4 Å². The van der Waals surface area contributed by atoms with Crippen molar-refractivity contribution >= 4 is 31.6 Å². The number of fused-ring (bicyclic) bond motifs is 2. The molecule has 3 aromatic rings. The molecule has 5 heteroatoms. The lowest BCUT2D eigenvalue weighted by Gasteiger charge is -2.09. The van der Waals surface area contributed by atoms with Gasteiger partial charge in [-0.3, -0.25) is 14.2 Å². The van der Waals surface area contributed by atoms with Crippen LogP contribution < -0.4 is 11.0 Å². The van der Waals surface area contributed by atoms with Crippen LogP contribution in [-0.4, -0.2) is 9.55 Å². The van der Waals surface area contributed by atoms with E-state index in [0.717, 1.165) is 17.5 Å². The minimum Gasteiger partial charge on any atom is -0.296 e. The average Bonchev–Trinajstić information content (AvgIpc) is 2.47. The number of aryl methyl sites for hydroxylation is 1. The normalized spacial score (nSPS) is 11.3. The van der Waals surface area contributed by atoms with E-state index >= 15 is 0 Å². The number of benzene rings is 1. The summed E-state index contributed by atoms with van der Waals surface area (Å²) >= 11 is 1.40. The molecule has 0 saturated carbocycles. The van der Waals surface area contributed by atoms with E-state index in [0.29, 0.717) is 22.6 Å². The molecule has 21 heavy (non-hydrogen) atoms. The van der Waals surface area contributed by atoms with Gasteiger partial charge in [-0.15, -0.1) is 11.3 Å². The van der Waals surface area contributed by atoms with Gasteiger partial charge in [0.2, 0.25) is 5.43 Å². The van der Waals surface area contributed by atoms with Crippen LogP contribution in [0.5, 0.6) is 0 Å². The standard InChI is InChI=1S/C16H16N2O2S/c1-3-4-9-18-10(2)17-15-13(16(18)20)14(19)11-7-5-6-8-12(11)21-15/h5-8H,3-4,9H2,1-2H3. The molecule has 1 aromatic carbocycles. The molecule has 0 aliphatic carbocycles. The quantitative estimate of drug-likeness (QED) is 0.698. The molecule has 0 unspecified atom stereocenters. The maximum absolute atomic E-state index is 12.6. The molecule has 2 aromatic heterocycles. The van der Waals surface area contributed by atoms with E-state index in [1.165, 1.54) is 11.3 Å². The largest absolute Gasteiger partial charge is 0.296 e. The Hall–Kier alpha value is -2.01. The van der Waals surface area contributed by atoms with Crippen LogP contribution in [0, 0.1) is 6.92 Å². The first-order valence-electron chi connectivity index (χ1n) is 7.06. The van der Waals surface area contributed by atoms with Crippen molar-refractivity contribution in [3.05, 3.63) is 50.7 Å². The third-order valence-electron chi connectivity index (χ3n) is 3.63. The molecular weight excluding hydrogens is 284 g/mol. The summed E-state index contributed by atoms with van der Waals surface area (Å²) in [6, 6.07) is 7.36. The van der Waals surface area contributed by atoms with Crippen molar-refractivity contribution in [2.45, 2.75) is 33.2 Å². The Morgan fingerprint density at radius 2 is 2.00 bits per heavy atom. The van der Waals surface area contributed by atoms with Crippen molar-refractivity contribution < 1.29 is 0 Å². The molecule has 0 saturated heterocycles. The number of hydrogen-bond donors (Lipinski definition) is 0. The van der Waals surface area contributed by atoms with Gasteiger partial charge in [-0.2, -0.15) is 0 Å². The summed E-state index contributed by atoms with van der Waals surface area (Å²) in [5.74, 6) is 0.673. The van der Waals surface area contributed by atoms with Gasteiger partial charge in [0.25, 0.3) is 5.56 Å². The molecule has 0 amide bonds. The van der Waals surface area contributed by atoms with Crippen LogP contribution in [0.15, 0.2) is 33.9 Å². The van der Waals surface area contributed by atoms with Crippen molar-refractivity contribution in [2.75, 3.05) is 0 Å². The van der Waals surface area contributed by atoms with Gasteiger partial charge >= 0.3 is 0 Å². The maximum Gasteiger partial charge on any atom is 0.266 e. The molecule has 0 radical (unpaired) electrons. The Labute approximate surface area is 125 Å². The molecule has 0 bridgehead atoms. The van der Waals surface area contributed by atoms with Crippen molar-refractivity contribution in [3.63, 3.8) is 0 Å². The second-order valence-electron chi connectivity index (χ2n) is 5.08. The highest BCUT2D eigenvalue weighted by atomic mass is 32.1. The van der Waals surface area contributed by atoms with Crippen molar-refractivity contribution in [1.82, 2.24) is 9.55 Å². The topological polar surface area (TPSA) is 52.0 Å². The number of hydrogen-bond acceptors (Lipinski definition) is 4. The Balaban J connectivity index is 2.42. The fraction of sp³-hybridized carbons (Fsp3) is 0.312. The van der Waals surface area contributed by atoms with E-state index in [1.807, 2.05) is 25.1 Å². The summed E-state index contributed by atoms with van der Waals surface area (Å²) in [5.41, 5.74) is -0.417. The molecule has 2 heterocycles. The smallest absolute Gasteiger partial charge is 0.266 e. The molecule has 108 valence electrons. The van der Waals surface area contributed by atoms with E-state index in [1.54, 1.807) is 10.6 Å². The molecule has 0 atom stereocenters. The summed E-state index contributed by atoms with van der Waals surface area (Å²) in [6.45, 7) is 4.51. The number of rotatable bonds is 3. The van der Waals surface area contributed by atoms with E-state index < -0.39 is 0 Å². The summed E-state index contributed by atoms with van der Waals surface area (Å²) in [6.07, 6.45) is 1.90. The fourth-order valence-corrected chi connectivity index (χ4v) is 3.55. The van der Waals surface area contributed by atoms with Gasteiger partial charge < -0.3 is 0 Å². The van der Waals surface area contributed by atoms with Crippen LogP contribution in [0.4, 0.5) is 0 Å². The Morgan fingerprint density at radius 1 is 1.24 bits per heavy atom. The zero-order valence-electron chi connectivity index (χ0n) is 12.0. The highest BCUT2D eigenvalue weighted by molar-refractivity contribution is 7.24. The van der Waals surface area contributed by atoms with Crippen LogP contribution in [0.3, 0.4) is 0 Å². The molecule has 4 nitrogen and oxygen atoms in total. The summed E-state index contributed by atoms with van der Waals surface area (Å²) < 4.78 is 2.49. The van der Waals surface area contributed by atoms with Crippen LogP contribution >= 0.6 is 11.3 Å². The lowest BCUT2D eigenvalue weighted by atomic mass is 10.2. The Morgan fingerprint density at radius 3 is 2.76 bits per heavy atom. The fourth-order valence-electron chi connectivity index (χ4n) is 2.47. The number of aromatic nitrogens is 2. The van der Waals surface area contributed by atoms with E-state index in [4.69, 9.17) is 0 Å². The van der Waals surface area contributed by atoms with E-state index in [9.17, 15) is 9.59 Å². The van der Waals surface area contributed by atoms with Crippen LogP contribution in [0.1, 0.15) is 25.6 Å². The van der Waals surface area contributed by atoms with Crippen molar-refractivity contribution in [2.24, 2.45) is 0 Å². The zero-order chi connectivity index (χ0) is 15.0. The van der Waals surface area contributed by atoms with Gasteiger partial charge in [0.05, 0.1) is 0 Å². The van der Waals surface area contributed by atoms with Crippen LogP contribution in [0.2, 0.25) is 0 Å². The maximum atomic E-state index is 12.6. The van der Waals surface area contributed by atoms with Gasteiger partial charge in [0, 0.05) is 16.6 Å². The lowest BCUT2D eigenvalue weighted by Crippen LogP contribution is -2.27. The molecule has 0 aliphatic rings. The highest BCUT2D eigenvalue weighted by Crippen LogP contribution is 2.21. The predicted molar refractivity (Wildman–Crippen MR) is 87.3 cm³/mol. The second-order valence-corrected chi connectivity index (χ2v) is 6.11. The number of unbranched alkanes of at least 4 members (excludes halogenated alkanes) is 1. The molecule has 0 spiro atoms. The average molecular weight is 300 g/mol. The monoisotopic (exact) mass is 300 g/mol. The van der Waals surface area contributed by atoms with E-state index in [2.05, 4.69) is 11.9 Å². The molecular formula is C16H16N2O2S. The summed E-state index contributed by atoms with van der Waals surface area (Å²) in [7, 11) is 0. The van der Waals surface area contributed by atoms with Gasteiger partial charge in [0.15, 0.2) is 0 Å². The van der Waals surface area contributed by atoms with Gasteiger partial charge in [-0.1, -0.05) is 25.5 Å². The highest BCUT2D eigenvalue weighted by Gasteiger charge is 2.14. The van der Waals surface area contributed by atoms with Gasteiger partial charge in [-0.25, -0.2) is 4.98 Å². The first kappa shape index (κ1) is 13.9. The van der Waals surface area contributed by atoms with Crippen molar-refractivity contribution in [3.8, 4) is 0 Å². The zero-order valence-corrected chi connectivity index (χ0v) is 12.9. The third-order valence-corrected chi connectivity index (χ3v) is 4.69. The summed E-state index contributed by atoms with van der Waals surface area (Å²) in [4.78, 5) is 30.3. The predicted octanol–water partition coefficient (Wildman–Crippen LogP) is 3.08. The first-order valence-corrected chi connectivity index (χ1v) is 7.88. The van der Waals surface area contributed by atoms with Crippen LogP contribution in [-0.2, 0) is 6.54 Å². The SMILES string of the molecule is CCCCn1c(C)nc2sc3ccccc3c(=O)c2c1=O. The molecule has 3 rings (SSSR count). The van der Waals surface area contributed by atoms with Gasteiger partial charge in [0.1, 0.15) is 16.0 Å². The van der Waals surface area contributed by atoms with Gasteiger partial charge in [-0.05, 0) is 25.5 Å². The minimum absolute atomic E-state index is 0.206. The molecule has 0 aliphatic heterocycles. The Bertz CT molecular complexity index is 941. The Kier molecular flexibility index (Phi) is 3.59. The minimum atomic E-state index is -0.210. The third kappa shape index (κ3) is 2.27. The summed E-state index contributed by atoms with van der Waals surface area (Å²) in [5, 5.41) is 0.820. The van der Waals surface area contributed by atoms with Crippen molar-refractivity contribution in [1.29, 1.82) is 0 Å². The first-order chi connectivity index (χ1) is 10.1.